The average molecular weight is 494 g/mol. The first-order valence-corrected chi connectivity index (χ1v) is 11.6. The number of benzene rings is 2. The summed E-state index contributed by atoms with van der Waals surface area (Å²) in [6.45, 7) is 1.91. The molecular weight excluding hydrogens is 474 g/mol. The summed E-state index contributed by atoms with van der Waals surface area (Å²) < 4.78 is 6.93. The van der Waals surface area contributed by atoms with Crippen LogP contribution in [0.4, 0.5) is 0 Å². The molecule has 2 aromatic heterocycles. The van der Waals surface area contributed by atoms with Gasteiger partial charge < -0.3 is 4.74 Å². The number of rotatable bonds is 7. The first-order chi connectivity index (χ1) is 16.5. The standard InChI is InChI=1S/C24H20ClN5O3S/c1-15-19(25)4-3-5-20(15)30-22(16-10-12-26-13-11-16)28-29-24(30)34-14-21(31)27-23(32)17-6-8-18(33-2)9-7-17/h3-13H,14H2,1-2H3,(H,27,31,32). The number of nitrogens with one attached hydrogen (secondary N) is 1. The lowest BCUT2D eigenvalue weighted by atomic mass is 10.2. The minimum absolute atomic E-state index is 0.0318. The lowest BCUT2D eigenvalue weighted by molar-refractivity contribution is -0.117. The van der Waals surface area contributed by atoms with Gasteiger partial charge in [0.1, 0.15) is 5.75 Å². The molecule has 10 heteroatoms. The van der Waals surface area contributed by atoms with Crippen LogP contribution in [0.2, 0.25) is 5.02 Å². The van der Waals surface area contributed by atoms with Gasteiger partial charge in [-0.2, -0.15) is 0 Å². The van der Waals surface area contributed by atoms with Crippen LogP contribution in [0.15, 0.2) is 72.1 Å². The number of imide groups is 1. The molecule has 1 N–H and O–H groups in total. The Kier molecular flexibility index (Phi) is 7.24. The molecule has 2 amide bonds. The van der Waals surface area contributed by atoms with Gasteiger partial charge in [-0.1, -0.05) is 29.4 Å². The molecule has 0 radical (unpaired) electrons. The number of aromatic nitrogens is 4. The van der Waals surface area contributed by atoms with Gasteiger partial charge in [0, 0.05) is 28.5 Å². The molecule has 0 saturated heterocycles. The van der Waals surface area contributed by atoms with Crippen molar-refractivity contribution in [1.29, 1.82) is 0 Å². The van der Waals surface area contributed by atoms with E-state index in [0.717, 1.165) is 16.8 Å². The van der Waals surface area contributed by atoms with Crippen LogP contribution in [0.5, 0.6) is 5.75 Å². The molecule has 4 rings (SSSR count). The smallest absolute Gasteiger partial charge is 0.257 e. The predicted molar refractivity (Wildman–Crippen MR) is 131 cm³/mol. The summed E-state index contributed by atoms with van der Waals surface area (Å²) in [5, 5.41) is 12.1. The molecule has 0 spiro atoms. The van der Waals surface area contributed by atoms with Gasteiger partial charge >= 0.3 is 0 Å². The van der Waals surface area contributed by atoms with Crippen LogP contribution in [0.3, 0.4) is 0 Å². The third-order valence-corrected chi connectivity index (χ3v) is 6.33. The van der Waals surface area contributed by atoms with Crippen LogP contribution < -0.4 is 10.1 Å². The lowest BCUT2D eigenvalue weighted by Gasteiger charge is -2.13. The van der Waals surface area contributed by atoms with Gasteiger partial charge in [0.2, 0.25) is 5.91 Å². The van der Waals surface area contributed by atoms with E-state index in [2.05, 4.69) is 20.5 Å². The van der Waals surface area contributed by atoms with Crippen molar-refractivity contribution < 1.29 is 14.3 Å². The highest BCUT2D eigenvalue weighted by Gasteiger charge is 2.20. The molecule has 0 fully saturated rings. The van der Waals surface area contributed by atoms with Gasteiger partial charge in [0.05, 0.1) is 18.6 Å². The highest BCUT2D eigenvalue weighted by atomic mass is 35.5. The van der Waals surface area contributed by atoms with E-state index >= 15 is 0 Å². The largest absolute Gasteiger partial charge is 0.497 e. The van der Waals surface area contributed by atoms with Crippen LogP contribution in [-0.4, -0.2) is 44.4 Å². The second kappa shape index (κ2) is 10.5. The number of hydrogen-bond donors (Lipinski definition) is 1. The zero-order valence-corrected chi connectivity index (χ0v) is 19.9. The molecule has 0 bridgehead atoms. The van der Waals surface area contributed by atoms with Gasteiger partial charge in [-0.3, -0.25) is 24.5 Å². The third kappa shape index (κ3) is 5.11. The van der Waals surface area contributed by atoms with E-state index in [9.17, 15) is 9.59 Å². The fraction of sp³-hybridized carbons (Fsp3) is 0.125. The fourth-order valence-electron chi connectivity index (χ4n) is 3.21. The number of carbonyl (C=O) groups is 2. The van der Waals surface area contributed by atoms with Gasteiger partial charge in [-0.25, -0.2) is 0 Å². The normalized spacial score (nSPS) is 10.7. The van der Waals surface area contributed by atoms with Gasteiger partial charge in [0.25, 0.3) is 5.91 Å². The molecule has 0 saturated carbocycles. The molecule has 0 unspecified atom stereocenters. The Bertz CT molecular complexity index is 1330. The maximum absolute atomic E-state index is 12.5. The average Bonchev–Trinajstić information content (AvgIpc) is 3.28. The predicted octanol–water partition coefficient (Wildman–Crippen LogP) is 4.35. The van der Waals surface area contributed by atoms with E-state index in [0.29, 0.717) is 27.3 Å². The number of hydrogen-bond acceptors (Lipinski definition) is 7. The summed E-state index contributed by atoms with van der Waals surface area (Å²) in [4.78, 5) is 29.0. The Morgan fingerprint density at radius 2 is 1.79 bits per heavy atom. The topological polar surface area (TPSA) is 99.0 Å². The number of pyridine rings is 1. The summed E-state index contributed by atoms with van der Waals surface area (Å²) in [6.07, 6.45) is 3.34. The Morgan fingerprint density at radius 3 is 2.50 bits per heavy atom. The van der Waals surface area contributed by atoms with Crippen LogP contribution in [0.25, 0.3) is 17.1 Å². The van der Waals surface area contributed by atoms with Crippen molar-refractivity contribution in [3.8, 4) is 22.8 Å². The molecule has 2 heterocycles. The third-order valence-electron chi connectivity index (χ3n) is 4.99. The van der Waals surface area contributed by atoms with Crippen molar-refractivity contribution in [2.75, 3.05) is 12.9 Å². The van der Waals surface area contributed by atoms with Crippen molar-refractivity contribution in [1.82, 2.24) is 25.1 Å². The van der Waals surface area contributed by atoms with Crippen LogP contribution in [0.1, 0.15) is 15.9 Å². The number of amides is 2. The Balaban J connectivity index is 1.56. The molecule has 0 aliphatic rings. The quantitative estimate of drug-likeness (QED) is 0.382. The summed E-state index contributed by atoms with van der Waals surface area (Å²) in [7, 11) is 1.54. The van der Waals surface area contributed by atoms with Crippen LogP contribution in [0, 0.1) is 6.92 Å². The molecule has 8 nitrogen and oxygen atoms in total. The fourth-order valence-corrected chi connectivity index (χ4v) is 4.13. The first-order valence-electron chi connectivity index (χ1n) is 10.2. The molecule has 172 valence electrons. The molecule has 34 heavy (non-hydrogen) atoms. The van der Waals surface area contributed by atoms with Crippen molar-refractivity contribution in [3.05, 3.63) is 83.1 Å². The first kappa shape index (κ1) is 23.5. The van der Waals surface area contributed by atoms with Gasteiger partial charge in [-0.15, -0.1) is 10.2 Å². The molecule has 0 atom stereocenters. The van der Waals surface area contributed by atoms with Crippen molar-refractivity contribution >= 4 is 35.2 Å². The molecule has 2 aromatic carbocycles. The summed E-state index contributed by atoms with van der Waals surface area (Å²) >= 11 is 7.53. The summed E-state index contributed by atoms with van der Waals surface area (Å²) in [5.74, 6) is 0.242. The zero-order valence-electron chi connectivity index (χ0n) is 18.4. The summed E-state index contributed by atoms with van der Waals surface area (Å²) in [5.41, 5.74) is 2.81. The SMILES string of the molecule is COc1ccc(C(=O)NC(=O)CSc2nnc(-c3ccncc3)n2-c2cccc(Cl)c2C)cc1. The van der Waals surface area contributed by atoms with Gasteiger partial charge in [-0.05, 0) is 61.0 Å². The maximum Gasteiger partial charge on any atom is 0.257 e. The summed E-state index contributed by atoms with van der Waals surface area (Å²) in [6, 6.07) is 15.7. The van der Waals surface area contributed by atoms with Crippen molar-refractivity contribution in [3.63, 3.8) is 0 Å². The van der Waals surface area contributed by atoms with Gasteiger partial charge in [0.15, 0.2) is 11.0 Å². The van der Waals surface area contributed by atoms with Crippen molar-refractivity contribution in [2.45, 2.75) is 12.1 Å². The van der Waals surface area contributed by atoms with E-state index in [1.165, 1.54) is 11.8 Å². The minimum atomic E-state index is -0.488. The monoisotopic (exact) mass is 493 g/mol. The Hall–Kier alpha value is -3.69. The molecule has 4 aromatic rings. The number of halogens is 1. The van der Waals surface area contributed by atoms with Crippen LogP contribution in [-0.2, 0) is 4.79 Å². The Morgan fingerprint density at radius 1 is 1.06 bits per heavy atom. The molecule has 0 aliphatic carbocycles. The van der Waals surface area contributed by atoms with E-state index in [1.54, 1.807) is 43.8 Å². The number of nitrogens with zero attached hydrogens (tertiary/aromatic N) is 4. The molecular formula is C24H20ClN5O3S. The van der Waals surface area contributed by atoms with E-state index in [4.69, 9.17) is 16.3 Å². The Labute approximate surface area is 205 Å². The minimum Gasteiger partial charge on any atom is -0.497 e. The lowest BCUT2D eigenvalue weighted by Crippen LogP contribution is -2.31. The van der Waals surface area contributed by atoms with E-state index < -0.39 is 11.8 Å². The second-order valence-electron chi connectivity index (χ2n) is 7.16. The highest BCUT2D eigenvalue weighted by Crippen LogP contribution is 2.31. The number of thioether (sulfide) groups is 1. The van der Waals surface area contributed by atoms with Crippen LogP contribution >= 0.6 is 23.4 Å². The second-order valence-corrected chi connectivity index (χ2v) is 8.51. The number of carbonyl (C=O) groups excluding carboxylic acids is 2. The number of methoxy groups -OCH3 is 1. The van der Waals surface area contributed by atoms with E-state index in [1.807, 2.05) is 41.8 Å². The maximum atomic E-state index is 12.5. The van der Waals surface area contributed by atoms with E-state index in [-0.39, 0.29) is 5.75 Å². The highest BCUT2D eigenvalue weighted by molar-refractivity contribution is 7.99. The van der Waals surface area contributed by atoms with Crippen molar-refractivity contribution in [2.24, 2.45) is 0 Å². The molecule has 0 aliphatic heterocycles. The zero-order chi connectivity index (χ0) is 24.1. The number of ether oxygens (including phenoxy) is 1.